The molecule has 1 aliphatic heterocycles. The van der Waals surface area contributed by atoms with E-state index in [4.69, 9.17) is 16.6 Å². The van der Waals surface area contributed by atoms with Crippen molar-refractivity contribution in [1.82, 2.24) is 14.9 Å². The predicted octanol–water partition coefficient (Wildman–Crippen LogP) is 4.61. The smallest absolute Gasteiger partial charge is 0.255 e. The van der Waals surface area contributed by atoms with Gasteiger partial charge in [-0.3, -0.25) is 4.79 Å². The number of aromatic nitrogens is 2. The maximum Gasteiger partial charge on any atom is 0.255 e. The highest BCUT2D eigenvalue weighted by Crippen LogP contribution is 2.27. The molecule has 0 unspecified atom stereocenters. The van der Waals surface area contributed by atoms with Gasteiger partial charge >= 0.3 is 0 Å². The summed E-state index contributed by atoms with van der Waals surface area (Å²) in [5.41, 5.74) is 5.29. The lowest BCUT2D eigenvalue weighted by Gasteiger charge is -2.36. The third-order valence-corrected chi connectivity index (χ3v) is 6.23. The second-order valence-electron chi connectivity index (χ2n) is 8.02. The monoisotopic (exact) mass is 434 g/mol. The number of carbonyl (C=O) groups is 1. The minimum Gasteiger partial charge on any atom is -0.353 e. The van der Waals surface area contributed by atoms with Crippen molar-refractivity contribution in [2.24, 2.45) is 0 Å². The first-order valence-electron chi connectivity index (χ1n) is 10.6. The molecule has 2 heterocycles. The molecule has 0 aliphatic carbocycles. The van der Waals surface area contributed by atoms with Crippen LogP contribution in [-0.2, 0) is 6.42 Å². The SMILES string of the molecule is Cc1nc(C)c(Cc2ccccc2C)c(N2CCN(C(=O)c3ccccc3Cl)CC2)n1. The first kappa shape index (κ1) is 21.3. The molecule has 160 valence electrons. The zero-order chi connectivity index (χ0) is 22.0. The molecule has 0 N–H and O–H groups in total. The van der Waals surface area contributed by atoms with Crippen LogP contribution in [0.15, 0.2) is 48.5 Å². The number of anilines is 1. The largest absolute Gasteiger partial charge is 0.353 e. The van der Waals surface area contributed by atoms with Gasteiger partial charge in [0.1, 0.15) is 11.6 Å². The number of aryl methyl sites for hydroxylation is 3. The Morgan fingerprint density at radius 1 is 0.935 bits per heavy atom. The van der Waals surface area contributed by atoms with Gasteiger partial charge in [0, 0.05) is 43.9 Å². The first-order valence-corrected chi connectivity index (χ1v) is 11.0. The van der Waals surface area contributed by atoms with E-state index < -0.39 is 0 Å². The van der Waals surface area contributed by atoms with E-state index in [1.165, 1.54) is 11.1 Å². The molecule has 1 aromatic heterocycles. The van der Waals surface area contributed by atoms with Gasteiger partial charge in [0.25, 0.3) is 5.91 Å². The molecular formula is C25H27ClN4O. The van der Waals surface area contributed by atoms with E-state index in [1.807, 2.05) is 24.0 Å². The van der Waals surface area contributed by atoms with E-state index in [2.05, 4.69) is 48.0 Å². The van der Waals surface area contributed by atoms with E-state index >= 15 is 0 Å². The number of halogens is 1. The Morgan fingerprint density at radius 2 is 1.61 bits per heavy atom. The minimum absolute atomic E-state index is 0.0135. The Bertz CT molecular complexity index is 1110. The molecule has 2 aromatic carbocycles. The summed E-state index contributed by atoms with van der Waals surface area (Å²) in [5.74, 6) is 1.74. The van der Waals surface area contributed by atoms with Gasteiger partial charge in [0.05, 0.1) is 10.6 Å². The fraction of sp³-hybridized carbons (Fsp3) is 0.320. The Balaban J connectivity index is 1.55. The number of nitrogens with zero attached hydrogens (tertiary/aromatic N) is 4. The van der Waals surface area contributed by atoms with Gasteiger partial charge in [-0.25, -0.2) is 9.97 Å². The van der Waals surface area contributed by atoms with Gasteiger partial charge < -0.3 is 9.80 Å². The van der Waals surface area contributed by atoms with Crippen LogP contribution >= 0.6 is 11.6 Å². The highest BCUT2D eigenvalue weighted by atomic mass is 35.5. The zero-order valence-electron chi connectivity index (χ0n) is 18.2. The van der Waals surface area contributed by atoms with Gasteiger partial charge in [0.15, 0.2) is 0 Å². The number of carbonyl (C=O) groups excluding carboxylic acids is 1. The van der Waals surface area contributed by atoms with Gasteiger partial charge in [0.2, 0.25) is 0 Å². The topological polar surface area (TPSA) is 49.3 Å². The highest BCUT2D eigenvalue weighted by molar-refractivity contribution is 6.33. The molecule has 0 bridgehead atoms. The molecule has 1 fully saturated rings. The van der Waals surface area contributed by atoms with Gasteiger partial charge in [-0.15, -0.1) is 0 Å². The van der Waals surface area contributed by atoms with Crippen LogP contribution in [0.3, 0.4) is 0 Å². The van der Waals surface area contributed by atoms with Gasteiger partial charge in [-0.2, -0.15) is 0 Å². The van der Waals surface area contributed by atoms with E-state index in [0.717, 1.165) is 42.4 Å². The summed E-state index contributed by atoms with van der Waals surface area (Å²) in [6, 6.07) is 15.7. The molecule has 1 amide bonds. The van der Waals surface area contributed by atoms with Crippen LogP contribution in [-0.4, -0.2) is 47.0 Å². The van der Waals surface area contributed by atoms with Crippen LogP contribution < -0.4 is 4.90 Å². The maximum atomic E-state index is 12.9. The number of hydrogen-bond acceptors (Lipinski definition) is 4. The van der Waals surface area contributed by atoms with E-state index in [1.54, 1.807) is 12.1 Å². The molecule has 6 heteroatoms. The second kappa shape index (κ2) is 9.06. The minimum atomic E-state index is -0.0135. The van der Waals surface area contributed by atoms with Crippen molar-refractivity contribution in [3.05, 3.63) is 87.3 Å². The first-order chi connectivity index (χ1) is 14.9. The molecule has 0 radical (unpaired) electrons. The zero-order valence-corrected chi connectivity index (χ0v) is 19.0. The molecule has 1 saturated heterocycles. The van der Waals surface area contributed by atoms with Crippen molar-refractivity contribution < 1.29 is 4.79 Å². The Hall–Kier alpha value is -2.92. The number of benzene rings is 2. The number of piperazine rings is 1. The van der Waals surface area contributed by atoms with Crippen molar-refractivity contribution in [3.63, 3.8) is 0 Å². The van der Waals surface area contributed by atoms with Crippen LogP contribution in [0.2, 0.25) is 5.02 Å². The summed E-state index contributed by atoms with van der Waals surface area (Å²) < 4.78 is 0. The lowest BCUT2D eigenvalue weighted by atomic mass is 9.99. The van der Waals surface area contributed by atoms with Crippen molar-refractivity contribution in [2.75, 3.05) is 31.1 Å². The van der Waals surface area contributed by atoms with Crippen LogP contribution in [0.4, 0.5) is 5.82 Å². The van der Waals surface area contributed by atoms with Gasteiger partial charge in [-0.1, -0.05) is 48.0 Å². The Morgan fingerprint density at radius 3 is 2.32 bits per heavy atom. The summed E-state index contributed by atoms with van der Waals surface area (Å²) >= 11 is 6.23. The standard InChI is InChI=1S/C25H27ClN4O/c1-17-8-4-5-9-20(17)16-22-18(2)27-19(3)28-24(22)29-12-14-30(15-13-29)25(31)21-10-6-7-11-23(21)26/h4-11H,12-16H2,1-3H3. The number of amides is 1. The number of rotatable bonds is 4. The Labute approximate surface area is 188 Å². The van der Waals surface area contributed by atoms with Crippen molar-refractivity contribution in [3.8, 4) is 0 Å². The van der Waals surface area contributed by atoms with Crippen molar-refractivity contribution in [2.45, 2.75) is 27.2 Å². The van der Waals surface area contributed by atoms with Gasteiger partial charge in [-0.05, 0) is 44.0 Å². The second-order valence-corrected chi connectivity index (χ2v) is 8.43. The molecule has 5 nitrogen and oxygen atoms in total. The normalized spacial score (nSPS) is 14.1. The van der Waals surface area contributed by atoms with E-state index in [-0.39, 0.29) is 5.91 Å². The van der Waals surface area contributed by atoms with Crippen LogP contribution in [0.25, 0.3) is 0 Å². The molecule has 3 aromatic rings. The van der Waals surface area contributed by atoms with Crippen molar-refractivity contribution in [1.29, 1.82) is 0 Å². The summed E-state index contributed by atoms with van der Waals surface area (Å²) in [6.45, 7) is 8.86. The van der Waals surface area contributed by atoms with E-state index in [9.17, 15) is 4.79 Å². The number of hydrogen-bond donors (Lipinski definition) is 0. The maximum absolute atomic E-state index is 12.9. The quantitative estimate of drug-likeness (QED) is 0.601. The third kappa shape index (κ3) is 4.57. The molecule has 0 saturated carbocycles. The highest BCUT2D eigenvalue weighted by Gasteiger charge is 2.26. The molecule has 1 aliphatic rings. The third-order valence-electron chi connectivity index (χ3n) is 5.90. The fourth-order valence-corrected chi connectivity index (χ4v) is 4.33. The van der Waals surface area contributed by atoms with Crippen LogP contribution in [0.5, 0.6) is 0 Å². The Kier molecular flexibility index (Phi) is 6.23. The van der Waals surface area contributed by atoms with Crippen molar-refractivity contribution >= 4 is 23.3 Å². The molecule has 31 heavy (non-hydrogen) atoms. The molecular weight excluding hydrogens is 408 g/mol. The van der Waals surface area contributed by atoms with E-state index in [0.29, 0.717) is 23.7 Å². The predicted molar refractivity (Wildman–Crippen MR) is 125 cm³/mol. The van der Waals surface area contributed by atoms with Crippen LogP contribution in [0.1, 0.15) is 38.6 Å². The lowest BCUT2D eigenvalue weighted by Crippen LogP contribution is -2.49. The molecule has 0 atom stereocenters. The summed E-state index contributed by atoms with van der Waals surface area (Å²) in [6.07, 6.45) is 0.799. The molecule has 0 spiro atoms. The lowest BCUT2D eigenvalue weighted by molar-refractivity contribution is 0.0746. The average molecular weight is 435 g/mol. The summed E-state index contributed by atoms with van der Waals surface area (Å²) in [4.78, 5) is 26.5. The molecule has 4 rings (SSSR count). The average Bonchev–Trinajstić information content (AvgIpc) is 2.77. The summed E-state index contributed by atoms with van der Waals surface area (Å²) in [7, 11) is 0. The fourth-order valence-electron chi connectivity index (χ4n) is 4.11. The summed E-state index contributed by atoms with van der Waals surface area (Å²) in [5, 5.41) is 0.498. The van der Waals surface area contributed by atoms with Crippen LogP contribution in [0, 0.1) is 20.8 Å².